The molecule has 31 heavy (non-hydrogen) atoms. The van der Waals surface area contributed by atoms with E-state index in [0.717, 1.165) is 31.0 Å². The molecule has 0 spiro atoms. The van der Waals surface area contributed by atoms with Crippen molar-refractivity contribution in [1.29, 1.82) is 0 Å². The zero-order chi connectivity index (χ0) is 22.4. The summed E-state index contributed by atoms with van der Waals surface area (Å²) in [4.78, 5) is 24.0. The van der Waals surface area contributed by atoms with Gasteiger partial charge in [0.25, 0.3) is 0 Å². The Bertz CT molecular complexity index is 1000. The minimum Gasteiger partial charge on any atom is -0.444 e. The van der Waals surface area contributed by atoms with Crippen LogP contribution in [0.4, 0.5) is 20.7 Å². The van der Waals surface area contributed by atoms with Crippen LogP contribution >= 0.6 is 11.6 Å². The highest BCUT2D eigenvalue weighted by molar-refractivity contribution is 6.28. The number of carbonyl (C=O) groups excluding carboxylic acids is 1. The summed E-state index contributed by atoms with van der Waals surface area (Å²) in [7, 11) is 0. The summed E-state index contributed by atoms with van der Waals surface area (Å²) < 4.78 is 19.1. The molecule has 1 aromatic heterocycles. The number of aromatic nitrogens is 2. The Morgan fingerprint density at radius 3 is 2.94 bits per heavy atom. The van der Waals surface area contributed by atoms with E-state index in [-0.39, 0.29) is 17.1 Å². The normalized spacial score (nSPS) is 15.9. The van der Waals surface area contributed by atoms with Gasteiger partial charge in [0.15, 0.2) is 11.6 Å². The van der Waals surface area contributed by atoms with Gasteiger partial charge in [-0.15, -0.1) is 0 Å². The monoisotopic (exact) mass is 445 g/mol. The van der Waals surface area contributed by atoms with Crippen LogP contribution in [0.1, 0.15) is 39.2 Å². The van der Waals surface area contributed by atoms with Crippen LogP contribution in [0.3, 0.4) is 0 Å². The quantitative estimate of drug-likeness (QED) is 0.617. The first-order chi connectivity index (χ1) is 14.7. The van der Waals surface area contributed by atoms with Crippen molar-refractivity contribution >= 4 is 35.0 Å². The molecule has 0 bridgehead atoms. The van der Waals surface area contributed by atoms with Crippen LogP contribution in [0.25, 0.3) is 0 Å². The Labute approximate surface area is 185 Å². The maximum atomic E-state index is 13.9. The van der Waals surface area contributed by atoms with E-state index in [4.69, 9.17) is 16.3 Å². The van der Waals surface area contributed by atoms with E-state index in [1.165, 1.54) is 0 Å². The van der Waals surface area contributed by atoms with E-state index in [1.807, 2.05) is 51.1 Å². The van der Waals surface area contributed by atoms with Crippen LogP contribution in [0.5, 0.6) is 0 Å². The van der Waals surface area contributed by atoms with Crippen LogP contribution in [0.15, 0.2) is 47.6 Å². The molecule has 164 valence electrons. The van der Waals surface area contributed by atoms with Crippen molar-refractivity contribution in [2.75, 3.05) is 5.32 Å². The van der Waals surface area contributed by atoms with E-state index < -0.39 is 17.5 Å². The number of amidine groups is 1. The van der Waals surface area contributed by atoms with Crippen LogP contribution in [0.2, 0.25) is 5.28 Å². The van der Waals surface area contributed by atoms with E-state index in [2.05, 4.69) is 25.6 Å². The first-order valence-electron chi connectivity index (χ1n) is 9.96. The highest BCUT2D eigenvalue weighted by Crippen LogP contribution is 2.21. The Kier molecular flexibility index (Phi) is 7.22. The number of nitrogens with zero attached hydrogens (tertiary/aromatic N) is 3. The number of hydrogen-bond donors (Lipinski definition) is 2. The van der Waals surface area contributed by atoms with E-state index in [0.29, 0.717) is 11.5 Å². The van der Waals surface area contributed by atoms with Gasteiger partial charge in [-0.1, -0.05) is 18.2 Å². The number of amides is 1. The molecular formula is C22H25ClFN5O2. The number of aryl methyl sites for hydroxylation is 1. The largest absolute Gasteiger partial charge is 0.444 e. The van der Waals surface area contributed by atoms with E-state index in [9.17, 15) is 9.18 Å². The Balaban J connectivity index is 1.58. The molecule has 2 aromatic rings. The predicted octanol–water partition coefficient (Wildman–Crippen LogP) is 5.20. The average molecular weight is 446 g/mol. The van der Waals surface area contributed by atoms with Crippen molar-refractivity contribution in [3.8, 4) is 0 Å². The number of anilines is 2. The van der Waals surface area contributed by atoms with Gasteiger partial charge in [-0.2, -0.15) is 4.98 Å². The number of halogens is 2. The van der Waals surface area contributed by atoms with E-state index >= 15 is 0 Å². The summed E-state index contributed by atoms with van der Waals surface area (Å²) in [6, 6.07) is 7.68. The lowest BCUT2D eigenvalue weighted by atomic mass is 10.0. The van der Waals surface area contributed by atoms with E-state index in [1.54, 1.807) is 6.08 Å². The lowest BCUT2D eigenvalue weighted by molar-refractivity contribution is 0.0563. The number of hydrogen-bond acceptors (Lipinski definition) is 6. The van der Waals surface area contributed by atoms with Gasteiger partial charge in [0.2, 0.25) is 5.28 Å². The molecule has 1 unspecified atom stereocenters. The van der Waals surface area contributed by atoms with Gasteiger partial charge < -0.3 is 10.1 Å². The standard InChI is InChI=1S/C22H25ClFN5O2/c1-22(2,3)31-21(30)28-18-9-5-7-15(26-18)11-10-14-6-4-8-16(12-14)27-19-17(24)13-25-20(23)29-19/h4-6,8-9,12-13,15H,7,10-11H2,1-3H3,(H,25,27,29)(H,26,28,30). The molecule has 1 aliphatic heterocycles. The smallest absolute Gasteiger partial charge is 0.413 e. The van der Waals surface area contributed by atoms with Gasteiger partial charge in [0.1, 0.15) is 11.4 Å². The Morgan fingerprint density at radius 1 is 1.35 bits per heavy atom. The number of nitrogens with one attached hydrogen (secondary N) is 2. The molecule has 1 aromatic carbocycles. The Morgan fingerprint density at radius 2 is 2.16 bits per heavy atom. The molecule has 3 rings (SSSR count). The SMILES string of the molecule is CC(C)(C)OC(=O)NC1=NC(CCc2cccc(Nc3nc(Cl)ncc3F)c2)CC=C1. The number of dihydropyridines is 1. The molecule has 1 aliphatic rings. The van der Waals surface area contributed by atoms with Crippen LogP contribution in [0, 0.1) is 5.82 Å². The molecule has 0 aliphatic carbocycles. The third-order valence-corrected chi connectivity index (χ3v) is 4.49. The molecule has 0 radical (unpaired) electrons. The van der Waals surface area contributed by atoms with Crippen molar-refractivity contribution in [3.05, 3.63) is 59.3 Å². The van der Waals surface area contributed by atoms with Gasteiger partial charge in [0.05, 0.1) is 12.2 Å². The molecule has 0 saturated heterocycles. The first kappa shape index (κ1) is 22.7. The molecule has 2 N–H and O–H groups in total. The number of rotatable bonds is 5. The summed E-state index contributed by atoms with van der Waals surface area (Å²) in [5, 5.41) is 5.58. The predicted molar refractivity (Wildman–Crippen MR) is 119 cm³/mol. The number of aliphatic imine (C=N–C) groups is 1. The maximum absolute atomic E-state index is 13.9. The van der Waals surface area contributed by atoms with Crippen LogP contribution in [-0.2, 0) is 11.2 Å². The topological polar surface area (TPSA) is 88.5 Å². The van der Waals surface area contributed by atoms with Gasteiger partial charge in [-0.05, 0) is 75.4 Å². The molecule has 7 nitrogen and oxygen atoms in total. The second-order valence-electron chi connectivity index (χ2n) is 8.13. The molecule has 0 fully saturated rings. The van der Waals surface area contributed by atoms with Gasteiger partial charge >= 0.3 is 6.09 Å². The molecule has 2 heterocycles. The van der Waals surface area contributed by atoms with Gasteiger partial charge in [-0.25, -0.2) is 14.2 Å². The maximum Gasteiger partial charge on any atom is 0.413 e. The fourth-order valence-corrected chi connectivity index (χ4v) is 3.13. The first-order valence-corrected chi connectivity index (χ1v) is 10.3. The minimum absolute atomic E-state index is 0.0250. The van der Waals surface area contributed by atoms with Crippen LogP contribution in [-0.4, -0.2) is 33.5 Å². The Hall–Kier alpha value is -3.00. The van der Waals surface area contributed by atoms with Crippen molar-refractivity contribution in [2.45, 2.75) is 51.7 Å². The highest BCUT2D eigenvalue weighted by atomic mass is 35.5. The van der Waals surface area contributed by atoms with Crippen molar-refractivity contribution in [3.63, 3.8) is 0 Å². The summed E-state index contributed by atoms with van der Waals surface area (Å²) >= 11 is 5.74. The van der Waals surface area contributed by atoms with Crippen LogP contribution < -0.4 is 10.6 Å². The second kappa shape index (κ2) is 9.87. The van der Waals surface area contributed by atoms with Crippen molar-refractivity contribution < 1.29 is 13.9 Å². The fraction of sp³-hybridized carbons (Fsp3) is 0.364. The molecular weight excluding hydrogens is 421 g/mol. The fourth-order valence-electron chi connectivity index (χ4n) is 3.00. The third-order valence-electron chi connectivity index (χ3n) is 4.31. The zero-order valence-electron chi connectivity index (χ0n) is 17.7. The molecule has 1 atom stereocenters. The summed E-state index contributed by atoms with van der Waals surface area (Å²) in [6.07, 6.45) is 6.63. The number of carbonyl (C=O) groups is 1. The number of benzene rings is 1. The molecule has 1 amide bonds. The second-order valence-corrected chi connectivity index (χ2v) is 8.47. The zero-order valence-corrected chi connectivity index (χ0v) is 18.4. The number of ether oxygens (including phenoxy) is 1. The lowest BCUT2D eigenvalue weighted by Crippen LogP contribution is -2.36. The van der Waals surface area contributed by atoms with Gasteiger partial charge in [0, 0.05) is 5.69 Å². The summed E-state index contributed by atoms with van der Waals surface area (Å²) in [6.45, 7) is 5.43. The molecule has 9 heteroatoms. The highest BCUT2D eigenvalue weighted by Gasteiger charge is 2.18. The molecule has 0 saturated carbocycles. The van der Waals surface area contributed by atoms with Crippen molar-refractivity contribution in [2.24, 2.45) is 4.99 Å². The number of alkyl carbamates (subject to hydrolysis) is 1. The summed E-state index contributed by atoms with van der Waals surface area (Å²) in [5.74, 6) is -0.0581. The van der Waals surface area contributed by atoms with Crippen molar-refractivity contribution in [1.82, 2.24) is 15.3 Å². The average Bonchev–Trinajstić information content (AvgIpc) is 2.68. The lowest BCUT2D eigenvalue weighted by Gasteiger charge is -2.21. The van der Waals surface area contributed by atoms with Gasteiger partial charge in [-0.3, -0.25) is 10.3 Å². The third kappa shape index (κ3) is 7.32. The minimum atomic E-state index is -0.580. The summed E-state index contributed by atoms with van der Waals surface area (Å²) in [5.41, 5.74) is 1.20.